The van der Waals surface area contributed by atoms with Crippen LogP contribution >= 0.6 is 0 Å². The molecule has 3 fully saturated rings. The summed E-state index contributed by atoms with van der Waals surface area (Å²) in [4.78, 5) is 37.7. The van der Waals surface area contributed by atoms with Gasteiger partial charge in [0, 0.05) is 6.07 Å². The van der Waals surface area contributed by atoms with Gasteiger partial charge in [0.1, 0.15) is 5.75 Å². The predicted molar refractivity (Wildman–Crippen MR) is 86.9 cm³/mol. The van der Waals surface area contributed by atoms with Crippen LogP contribution in [-0.4, -0.2) is 23.8 Å². The first-order valence-corrected chi connectivity index (χ1v) is 8.38. The van der Waals surface area contributed by atoms with Crippen molar-refractivity contribution in [1.82, 2.24) is 0 Å². The van der Waals surface area contributed by atoms with Crippen molar-refractivity contribution in [2.75, 3.05) is 12.0 Å². The Morgan fingerprint density at radius 1 is 1.16 bits per heavy atom. The SMILES string of the molecule is COc1cc([N+](=O)[O-])ccc1N1C(=O)[C@@H]2[C@@H](C1=O)[C@@H]1C=C[C@@H]2C12CC2. The number of carbonyl (C=O) groups is 2. The molecule has 2 saturated carbocycles. The maximum Gasteiger partial charge on any atom is 0.273 e. The summed E-state index contributed by atoms with van der Waals surface area (Å²) in [6.45, 7) is 0. The standard InChI is InChI=1S/C18H16N2O5/c1-25-13-8-9(20(23)24)2-5-12(13)19-16(21)14-10-3-4-11(15(14)17(19)22)18(10)6-7-18/h2-5,8,10-11,14-15H,6-7H2,1H3/t10-,11-,14-,15-/m0/s1. The zero-order valence-corrected chi connectivity index (χ0v) is 13.5. The Kier molecular flexibility index (Phi) is 2.62. The third-order valence-electron chi connectivity index (χ3n) is 6.47. The van der Waals surface area contributed by atoms with E-state index in [1.165, 1.54) is 30.2 Å². The van der Waals surface area contributed by atoms with Crippen molar-refractivity contribution in [2.24, 2.45) is 29.1 Å². The highest BCUT2D eigenvalue weighted by atomic mass is 16.6. The second kappa shape index (κ2) is 4.47. The van der Waals surface area contributed by atoms with Crippen LogP contribution in [0.25, 0.3) is 0 Å². The summed E-state index contributed by atoms with van der Waals surface area (Å²) in [5.41, 5.74) is 0.298. The zero-order chi connectivity index (χ0) is 17.5. The van der Waals surface area contributed by atoms with E-state index in [4.69, 9.17) is 4.74 Å². The summed E-state index contributed by atoms with van der Waals surface area (Å²) in [6.07, 6.45) is 6.40. The van der Waals surface area contributed by atoms with Gasteiger partial charge >= 0.3 is 0 Å². The summed E-state index contributed by atoms with van der Waals surface area (Å²) < 4.78 is 5.22. The molecule has 5 rings (SSSR count). The molecule has 25 heavy (non-hydrogen) atoms. The lowest BCUT2D eigenvalue weighted by molar-refractivity contribution is -0.384. The molecule has 0 N–H and O–H groups in total. The van der Waals surface area contributed by atoms with Crippen LogP contribution in [0.1, 0.15) is 12.8 Å². The maximum absolute atomic E-state index is 13.1. The second-order valence-corrected chi connectivity index (χ2v) is 7.35. The van der Waals surface area contributed by atoms with Crippen LogP contribution in [-0.2, 0) is 9.59 Å². The van der Waals surface area contributed by atoms with Crippen molar-refractivity contribution in [3.63, 3.8) is 0 Å². The van der Waals surface area contributed by atoms with E-state index >= 15 is 0 Å². The molecule has 2 bridgehead atoms. The van der Waals surface area contributed by atoms with E-state index in [0.717, 1.165) is 12.8 Å². The quantitative estimate of drug-likeness (QED) is 0.364. The number of carbonyl (C=O) groups excluding carboxylic acids is 2. The van der Waals surface area contributed by atoms with E-state index in [1.54, 1.807) is 0 Å². The van der Waals surface area contributed by atoms with Crippen LogP contribution in [0.2, 0.25) is 0 Å². The average molecular weight is 340 g/mol. The van der Waals surface area contributed by atoms with E-state index in [1.807, 2.05) is 0 Å². The normalized spacial score (nSPS) is 33.2. The molecule has 3 aliphatic carbocycles. The van der Waals surface area contributed by atoms with Crippen LogP contribution in [0.5, 0.6) is 5.75 Å². The first-order valence-electron chi connectivity index (χ1n) is 8.38. The Morgan fingerprint density at radius 2 is 1.76 bits per heavy atom. The Balaban J connectivity index is 1.56. The first kappa shape index (κ1) is 14.6. The molecule has 1 heterocycles. The van der Waals surface area contributed by atoms with E-state index in [9.17, 15) is 19.7 Å². The van der Waals surface area contributed by atoms with Gasteiger partial charge in [0.25, 0.3) is 5.69 Å². The lowest BCUT2D eigenvalue weighted by Gasteiger charge is -2.22. The molecule has 7 nitrogen and oxygen atoms in total. The molecule has 128 valence electrons. The number of nitrogens with zero attached hydrogens (tertiary/aromatic N) is 2. The fraction of sp³-hybridized carbons (Fsp3) is 0.444. The molecule has 1 saturated heterocycles. The first-order chi connectivity index (χ1) is 12.0. The number of methoxy groups -OCH3 is 1. The monoisotopic (exact) mass is 340 g/mol. The summed E-state index contributed by atoms with van der Waals surface area (Å²) in [5, 5.41) is 11.0. The van der Waals surface area contributed by atoms with E-state index < -0.39 is 4.92 Å². The molecule has 1 aromatic carbocycles. The van der Waals surface area contributed by atoms with Crippen LogP contribution in [0.15, 0.2) is 30.4 Å². The Morgan fingerprint density at radius 3 is 2.24 bits per heavy atom. The van der Waals surface area contributed by atoms with Crippen LogP contribution in [0, 0.1) is 39.2 Å². The fourth-order valence-electron chi connectivity index (χ4n) is 5.28. The Hall–Kier alpha value is -2.70. The van der Waals surface area contributed by atoms with Crippen molar-refractivity contribution >= 4 is 23.2 Å². The van der Waals surface area contributed by atoms with Crippen molar-refractivity contribution in [3.05, 3.63) is 40.5 Å². The molecule has 7 heteroatoms. The number of fused-ring (bicyclic) bond motifs is 3. The third kappa shape index (κ3) is 1.61. The average Bonchev–Trinajstić information content (AvgIpc) is 3.20. The number of amides is 2. The van der Waals surface area contributed by atoms with E-state index in [2.05, 4.69) is 12.2 Å². The molecule has 0 unspecified atom stereocenters. The minimum atomic E-state index is -0.532. The van der Waals surface area contributed by atoms with Gasteiger partial charge in [-0.05, 0) is 36.2 Å². The number of imide groups is 1. The Labute approximate surface area is 143 Å². The molecule has 1 aliphatic heterocycles. The summed E-state index contributed by atoms with van der Waals surface area (Å²) >= 11 is 0. The third-order valence-corrected chi connectivity index (χ3v) is 6.47. The van der Waals surface area contributed by atoms with Gasteiger partial charge in [-0.15, -0.1) is 0 Å². The number of hydrogen-bond donors (Lipinski definition) is 0. The van der Waals surface area contributed by atoms with Crippen molar-refractivity contribution in [3.8, 4) is 5.75 Å². The smallest absolute Gasteiger partial charge is 0.273 e. The molecule has 4 atom stereocenters. The number of hydrogen-bond acceptors (Lipinski definition) is 5. The molecular weight excluding hydrogens is 324 g/mol. The fourth-order valence-corrected chi connectivity index (χ4v) is 5.28. The number of non-ortho nitro benzene ring substituents is 1. The molecule has 1 spiro atoms. The lowest BCUT2D eigenvalue weighted by Crippen LogP contribution is -2.35. The van der Waals surface area contributed by atoms with Crippen LogP contribution < -0.4 is 9.64 Å². The molecular formula is C18H16N2O5. The van der Waals surface area contributed by atoms with Gasteiger partial charge in [0.2, 0.25) is 11.8 Å². The van der Waals surface area contributed by atoms with Gasteiger partial charge in [-0.2, -0.15) is 0 Å². The number of benzene rings is 1. The van der Waals surface area contributed by atoms with Gasteiger partial charge in [-0.1, -0.05) is 12.2 Å². The molecule has 4 aliphatic rings. The lowest BCUT2D eigenvalue weighted by atomic mass is 9.85. The topological polar surface area (TPSA) is 89.8 Å². The van der Waals surface area contributed by atoms with E-state index in [0.29, 0.717) is 5.69 Å². The van der Waals surface area contributed by atoms with Gasteiger partial charge in [0.05, 0.1) is 35.6 Å². The number of nitro benzene ring substituents is 1. The molecule has 2 amide bonds. The molecule has 0 aromatic heterocycles. The predicted octanol–water partition coefficient (Wildman–Crippen LogP) is 2.30. The highest BCUT2D eigenvalue weighted by Gasteiger charge is 2.73. The van der Waals surface area contributed by atoms with Crippen molar-refractivity contribution in [2.45, 2.75) is 12.8 Å². The number of rotatable bonds is 3. The highest BCUT2D eigenvalue weighted by molar-refractivity contribution is 6.23. The van der Waals surface area contributed by atoms with Gasteiger partial charge in [-0.25, -0.2) is 4.90 Å². The Bertz CT molecular complexity index is 838. The number of nitro groups is 1. The number of anilines is 1. The van der Waals surface area contributed by atoms with Crippen molar-refractivity contribution in [1.29, 1.82) is 0 Å². The summed E-state index contributed by atoms with van der Waals surface area (Å²) in [6, 6.07) is 3.97. The maximum atomic E-state index is 13.1. The second-order valence-electron chi connectivity index (χ2n) is 7.35. The van der Waals surface area contributed by atoms with Gasteiger partial charge in [0.15, 0.2) is 0 Å². The van der Waals surface area contributed by atoms with Crippen LogP contribution in [0.3, 0.4) is 0 Å². The minimum Gasteiger partial charge on any atom is -0.494 e. The van der Waals surface area contributed by atoms with E-state index in [-0.39, 0.29) is 52.3 Å². The van der Waals surface area contributed by atoms with Gasteiger partial charge < -0.3 is 4.74 Å². The summed E-state index contributed by atoms with van der Waals surface area (Å²) in [5.74, 6) is -0.552. The largest absolute Gasteiger partial charge is 0.494 e. The molecule has 0 radical (unpaired) electrons. The van der Waals surface area contributed by atoms with Crippen molar-refractivity contribution < 1.29 is 19.2 Å². The number of allylic oxidation sites excluding steroid dienone is 2. The molecule has 1 aromatic rings. The minimum absolute atomic E-state index is 0.140. The van der Waals surface area contributed by atoms with Gasteiger partial charge in [-0.3, -0.25) is 19.7 Å². The summed E-state index contributed by atoms with van der Waals surface area (Å²) in [7, 11) is 1.37. The number of ether oxygens (including phenoxy) is 1. The zero-order valence-electron chi connectivity index (χ0n) is 13.5. The highest BCUT2D eigenvalue weighted by Crippen LogP contribution is 2.73. The van der Waals surface area contributed by atoms with Crippen LogP contribution in [0.4, 0.5) is 11.4 Å².